The van der Waals surface area contributed by atoms with Crippen molar-refractivity contribution in [3.63, 3.8) is 0 Å². The van der Waals surface area contributed by atoms with E-state index >= 15 is 0 Å². The molecule has 0 atom stereocenters. The van der Waals surface area contributed by atoms with E-state index in [-0.39, 0.29) is 11.1 Å². The molecule has 0 spiro atoms. The number of oxazole rings is 1. The normalized spacial score (nSPS) is 15.7. The average molecular weight is 348 g/mol. The Morgan fingerprint density at radius 3 is 2.23 bits per heavy atom. The third kappa shape index (κ3) is 2.84. The molecule has 130 valence electrons. The number of rotatable bonds is 2. The van der Waals surface area contributed by atoms with Gasteiger partial charge in [0.15, 0.2) is 0 Å². The van der Waals surface area contributed by atoms with Gasteiger partial charge in [-0.2, -0.15) is 5.26 Å². The molecule has 6 heteroatoms. The number of nitriles is 1. The lowest BCUT2D eigenvalue weighted by Gasteiger charge is -2.03. The molecule has 1 fully saturated rings. The number of cyclic esters (lactones) is 2. The number of hydrogen-bond acceptors (Lipinski definition) is 6. The first kappa shape index (κ1) is 17.4. The molecule has 3 rings (SSSR count). The molecule has 1 aliphatic rings. The number of nitrogens with zero attached hydrogens (tertiary/aromatic N) is 2. The number of carbonyl (C=O) groups excluding carboxylic acids is 2. The van der Waals surface area contributed by atoms with Crippen LogP contribution in [0.5, 0.6) is 0 Å². The number of aryl methyl sites for hydroxylation is 1. The maximum Gasteiger partial charge on any atom is 0.347 e. The maximum absolute atomic E-state index is 12.1. The topological polar surface area (TPSA) is 93.2 Å². The summed E-state index contributed by atoms with van der Waals surface area (Å²) in [6, 6.07) is 8.89. The van der Waals surface area contributed by atoms with Crippen LogP contribution in [0, 0.1) is 18.3 Å². The molecule has 1 saturated heterocycles. The fraction of sp³-hybridized carbons (Fsp3) is 0.200. The van der Waals surface area contributed by atoms with Gasteiger partial charge in [-0.25, -0.2) is 14.6 Å². The molecule has 2 heterocycles. The van der Waals surface area contributed by atoms with Crippen LogP contribution in [-0.4, -0.2) is 16.9 Å². The summed E-state index contributed by atoms with van der Waals surface area (Å²) >= 11 is 0. The highest BCUT2D eigenvalue weighted by molar-refractivity contribution is 6.22. The number of carbonyl (C=O) groups is 2. The quantitative estimate of drug-likeness (QED) is 0.466. The molecule has 0 unspecified atom stereocenters. The van der Waals surface area contributed by atoms with Gasteiger partial charge in [0.2, 0.25) is 5.89 Å². The molecule has 0 bridgehead atoms. The lowest BCUT2D eigenvalue weighted by Crippen LogP contribution is -2.00. The second kappa shape index (κ2) is 6.45. The van der Waals surface area contributed by atoms with E-state index in [1.54, 1.807) is 52.0 Å². The van der Waals surface area contributed by atoms with Gasteiger partial charge in [-0.05, 0) is 57.5 Å². The number of hydrogen-bond donors (Lipinski definition) is 0. The smallest absolute Gasteiger partial charge is 0.347 e. The molecule has 1 aromatic heterocycles. The van der Waals surface area contributed by atoms with Crippen molar-refractivity contribution in [3.05, 3.63) is 58.0 Å². The molecule has 0 saturated carbocycles. The standard InChI is InChI=1S/C20H16N2O4/c1-10(2)15-16(20(24)26-19(15)23)11(3)17-12(4)25-18(22-17)14-7-5-13(9-21)6-8-14/h5-8H,1-4H3/b16-11-. The Kier molecular flexibility index (Phi) is 4.31. The van der Waals surface area contributed by atoms with E-state index in [1.807, 2.05) is 0 Å². The third-order valence-corrected chi connectivity index (χ3v) is 4.13. The van der Waals surface area contributed by atoms with Crippen molar-refractivity contribution in [1.29, 1.82) is 5.26 Å². The third-order valence-electron chi connectivity index (χ3n) is 4.13. The van der Waals surface area contributed by atoms with Gasteiger partial charge in [0.05, 0.1) is 22.8 Å². The molecule has 0 N–H and O–H groups in total. The summed E-state index contributed by atoms with van der Waals surface area (Å²) in [6.07, 6.45) is 0. The first-order valence-corrected chi connectivity index (χ1v) is 7.97. The number of esters is 2. The maximum atomic E-state index is 12.1. The molecule has 2 aromatic rings. The monoisotopic (exact) mass is 348 g/mol. The van der Waals surface area contributed by atoms with Crippen molar-refractivity contribution >= 4 is 17.5 Å². The van der Waals surface area contributed by atoms with Gasteiger partial charge in [0.25, 0.3) is 0 Å². The summed E-state index contributed by atoms with van der Waals surface area (Å²) in [6.45, 7) is 6.95. The van der Waals surface area contributed by atoms with Crippen LogP contribution in [0.3, 0.4) is 0 Å². The van der Waals surface area contributed by atoms with Crippen molar-refractivity contribution in [2.45, 2.75) is 27.7 Å². The number of ether oxygens (including phenoxy) is 1. The van der Waals surface area contributed by atoms with Crippen LogP contribution in [0.15, 0.2) is 45.4 Å². The van der Waals surface area contributed by atoms with Crippen LogP contribution in [-0.2, 0) is 14.3 Å². The fourth-order valence-electron chi connectivity index (χ4n) is 2.86. The van der Waals surface area contributed by atoms with Gasteiger partial charge in [0.1, 0.15) is 11.5 Å². The Morgan fingerprint density at radius 2 is 1.65 bits per heavy atom. The summed E-state index contributed by atoms with van der Waals surface area (Å²) in [5, 5.41) is 8.89. The summed E-state index contributed by atoms with van der Waals surface area (Å²) < 4.78 is 10.5. The van der Waals surface area contributed by atoms with Crippen LogP contribution in [0.1, 0.15) is 37.8 Å². The first-order valence-electron chi connectivity index (χ1n) is 7.97. The zero-order valence-electron chi connectivity index (χ0n) is 14.8. The second-order valence-corrected chi connectivity index (χ2v) is 6.16. The van der Waals surface area contributed by atoms with E-state index in [4.69, 9.17) is 14.4 Å². The van der Waals surface area contributed by atoms with E-state index in [1.165, 1.54) is 0 Å². The van der Waals surface area contributed by atoms with Gasteiger partial charge >= 0.3 is 11.9 Å². The molecular weight excluding hydrogens is 332 g/mol. The van der Waals surface area contributed by atoms with E-state index in [9.17, 15) is 9.59 Å². The Hall–Kier alpha value is -3.46. The summed E-state index contributed by atoms with van der Waals surface area (Å²) in [4.78, 5) is 28.6. The van der Waals surface area contributed by atoms with Crippen LogP contribution >= 0.6 is 0 Å². The lowest BCUT2D eigenvalue weighted by molar-refractivity contribution is -0.149. The average Bonchev–Trinajstić information content (AvgIpc) is 3.13. The molecule has 0 aliphatic carbocycles. The molecule has 0 amide bonds. The van der Waals surface area contributed by atoms with Gasteiger partial charge < -0.3 is 9.15 Å². The highest BCUT2D eigenvalue weighted by Gasteiger charge is 2.37. The molecule has 0 radical (unpaired) electrons. The molecule has 1 aromatic carbocycles. The zero-order valence-corrected chi connectivity index (χ0v) is 14.8. The minimum atomic E-state index is -0.675. The Balaban J connectivity index is 2.11. The summed E-state index contributed by atoms with van der Waals surface area (Å²) in [5.41, 5.74) is 3.46. The van der Waals surface area contributed by atoms with E-state index in [0.717, 1.165) is 0 Å². The molecule has 1 aliphatic heterocycles. The van der Waals surface area contributed by atoms with Gasteiger partial charge in [0, 0.05) is 5.56 Å². The molecule has 6 nitrogen and oxygen atoms in total. The van der Waals surface area contributed by atoms with Crippen molar-refractivity contribution < 1.29 is 18.7 Å². The predicted molar refractivity (Wildman–Crippen MR) is 93.5 cm³/mol. The summed E-state index contributed by atoms with van der Waals surface area (Å²) in [7, 11) is 0. The first-order chi connectivity index (χ1) is 12.3. The molecule has 26 heavy (non-hydrogen) atoms. The van der Waals surface area contributed by atoms with Crippen molar-refractivity contribution in [1.82, 2.24) is 4.98 Å². The van der Waals surface area contributed by atoms with Gasteiger partial charge in [-0.1, -0.05) is 5.57 Å². The second-order valence-electron chi connectivity index (χ2n) is 6.16. The van der Waals surface area contributed by atoms with E-state index in [0.29, 0.717) is 39.6 Å². The lowest BCUT2D eigenvalue weighted by atomic mass is 9.97. The predicted octanol–water partition coefficient (Wildman–Crippen LogP) is 3.72. The number of benzene rings is 1. The van der Waals surface area contributed by atoms with E-state index < -0.39 is 11.9 Å². The largest absolute Gasteiger partial charge is 0.441 e. The Bertz CT molecular complexity index is 1030. The zero-order chi connectivity index (χ0) is 19.0. The summed E-state index contributed by atoms with van der Waals surface area (Å²) in [5.74, 6) is -0.420. The highest BCUT2D eigenvalue weighted by atomic mass is 16.6. The van der Waals surface area contributed by atoms with Crippen molar-refractivity contribution in [3.8, 4) is 17.5 Å². The van der Waals surface area contributed by atoms with Gasteiger partial charge in [-0.15, -0.1) is 0 Å². The van der Waals surface area contributed by atoms with Gasteiger partial charge in [-0.3, -0.25) is 0 Å². The van der Waals surface area contributed by atoms with Crippen LogP contribution < -0.4 is 0 Å². The molecular formula is C20H16N2O4. The minimum Gasteiger partial charge on any atom is -0.441 e. The van der Waals surface area contributed by atoms with Crippen molar-refractivity contribution in [2.24, 2.45) is 0 Å². The van der Waals surface area contributed by atoms with Crippen LogP contribution in [0.4, 0.5) is 0 Å². The fourth-order valence-corrected chi connectivity index (χ4v) is 2.86. The minimum absolute atomic E-state index is 0.220. The Labute approximate surface area is 150 Å². The van der Waals surface area contributed by atoms with E-state index in [2.05, 4.69) is 11.1 Å². The SMILES string of the molecule is CC(C)=C1C(=O)OC(=O)/C1=C(/C)c1nc(-c2ccc(C#N)cc2)oc1C. The number of aromatic nitrogens is 1. The van der Waals surface area contributed by atoms with Crippen LogP contribution in [0.2, 0.25) is 0 Å². The number of allylic oxidation sites excluding steroid dienone is 2. The van der Waals surface area contributed by atoms with Crippen LogP contribution in [0.25, 0.3) is 17.0 Å². The Morgan fingerprint density at radius 1 is 1.04 bits per heavy atom. The van der Waals surface area contributed by atoms with Crippen molar-refractivity contribution in [2.75, 3.05) is 0 Å². The highest BCUT2D eigenvalue weighted by Crippen LogP contribution is 2.34.